The number of hydrogen-bond donors (Lipinski definition) is 1. The molecule has 124 valence electrons. The molecule has 3 aliphatic carbocycles. The van der Waals surface area contributed by atoms with E-state index in [1.54, 1.807) is 0 Å². The summed E-state index contributed by atoms with van der Waals surface area (Å²) in [5.41, 5.74) is 15.2. The maximum absolute atomic E-state index is 6.18. The van der Waals surface area contributed by atoms with E-state index in [0.29, 0.717) is 11.8 Å². The van der Waals surface area contributed by atoms with Crippen LogP contribution in [0, 0.1) is 5.92 Å². The van der Waals surface area contributed by atoms with Gasteiger partial charge in [0.15, 0.2) is 0 Å². The van der Waals surface area contributed by atoms with Gasteiger partial charge in [-0.1, -0.05) is 78.9 Å². The van der Waals surface area contributed by atoms with Crippen molar-refractivity contribution in [2.75, 3.05) is 5.73 Å². The fourth-order valence-electron chi connectivity index (χ4n) is 5.63. The topological polar surface area (TPSA) is 26.0 Å². The second-order valence-electron chi connectivity index (χ2n) is 7.57. The van der Waals surface area contributed by atoms with Gasteiger partial charge in [0.05, 0.1) is 5.41 Å². The first-order chi connectivity index (χ1) is 12.8. The highest BCUT2D eigenvalue weighted by atomic mass is 14.6. The Hall–Kier alpha value is -3.06. The molecule has 3 atom stereocenters. The normalized spacial score (nSPS) is 26.5. The van der Waals surface area contributed by atoms with Crippen molar-refractivity contribution in [3.8, 4) is 11.1 Å². The van der Waals surface area contributed by atoms with Gasteiger partial charge in [-0.25, -0.2) is 0 Å². The van der Waals surface area contributed by atoms with Crippen molar-refractivity contribution in [2.45, 2.75) is 11.3 Å². The van der Waals surface area contributed by atoms with E-state index in [1.165, 1.54) is 33.4 Å². The molecule has 6 rings (SSSR count). The van der Waals surface area contributed by atoms with E-state index in [-0.39, 0.29) is 5.41 Å². The zero-order chi connectivity index (χ0) is 17.3. The van der Waals surface area contributed by atoms with Crippen molar-refractivity contribution in [2.24, 2.45) is 5.92 Å². The van der Waals surface area contributed by atoms with Gasteiger partial charge in [0.2, 0.25) is 0 Å². The lowest BCUT2D eigenvalue weighted by Gasteiger charge is -2.36. The van der Waals surface area contributed by atoms with Crippen LogP contribution in [0.15, 0.2) is 91.0 Å². The molecule has 2 N–H and O–H groups in total. The summed E-state index contributed by atoms with van der Waals surface area (Å²) in [7, 11) is 0. The molecule has 1 nitrogen and oxygen atoms in total. The molecular weight excluding hydrogens is 314 g/mol. The summed E-state index contributed by atoms with van der Waals surface area (Å²) in [6.45, 7) is 0. The van der Waals surface area contributed by atoms with Gasteiger partial charge in [-0.05, 0) is 45.5 Å². The van der Waals surface area contributed by atoms with Crippen LogP contribution in [0.5, 0.6) is 0 Å². The number of rotatable bonds is 0. The Kier molecular flexibility index (Phi) is 2.59. The molecule has 3 aliphatic rings. The highest BCUT2D eigenvalue weighted by Gasteiger charge is 2.56. The smallest absolute Gasteiger partial charge is 0.0537 e. The molecule has 0 aromatic heterocycles. The standard InChI is InChI=1S/C25H19N/c26-16-13-14-24-20(15-16)19-9-3-6-12-23(19)25(24)21-10-4-1-7-17(21)18-8-2-5-11-22(18)25/h1-15,17,21H,26H2. The number of benzene rings is 3. The summed E-state index contributed by atoms with van der Waals surface area (Å²) < 4.78 is 0. The summed E-state index contributed by atoms with van der Waals surface area (Å²) in [6, 6.07) is 24.4. The second-order valence-corrected chi connectivity index (χ2v) is 7.57. The summed E-state index contributed by atoms with van der Waals surface area (Å²) in [5, 5.41) is 0. The van der Waals surface area contributed by atoms with Crippen LogP contribution in [-0.4, -0.2) is 0 Å². The summed E-state index contributed by atoms with van der Waals surface area (Å²) in [5.74, 6) is 0.823. The van der Waals surface area contributed by atoms with Crippen molar-refractivity contribution in [1.29, 1.82) is 0 Å². The van der Waals surface area contributed by atoms with E-state index in [9.17, 15) is 0 Å². The maximum atomic E-state index is 6.18. The van der Waals surface area contributed by atoms with E-state index >= 15 is 0 Å². The fraction of sp³-hybridized carbons (Fsp3) is 0.120. The monoisotopic (exact) mass is 333 g/mol. The quantitative estimate of drug-likeness (QED) is 0.546. The first kappa shape index (κ1) is 14.1. The van der Waals surface area contributed by atoms with Gasteiger partial charge in [-0.15, -0.1) is 0 Å². The minimum absolute atomic E-state index is 0.123. The summed E-state index contributed by atoms with van der Waals surface area (Å²) >= 11 is 0. The molecular formula is C25H19N. The molecule has 3 aromatic carbocycles. The zero-order valence-corrected chi connectivity index (χ0v) is 14.4. The van der Waals surface area contributed by atoms with Crippen molar-refractivity contribution in [1.82, 2.24) is 0 Å². The van der Waals surface area contributed by atoms with E-state index in [0.717, 1.165) is 5.69 Å². The zero-order valence-electron chi connectivity index (χ0n) is 14.4. The van der Waals surface area contributed by atoms with Gasteiger partial charge >= 0.3 is 0 Å². The molecule has 0 saturated carbocycles. The number of anilines is 1. The Morgan fingerprint density at radius 1 is 0.692 bits per heavy atom. The van der Waals surface area contributed by atoms with Crippen LogP contribution in [0.1, 0.15) is 28.2 Å². The Morgan fingerprint density at radius 3 is 2.35 bits per heavy atom. The molecule has 0 bridgehead atoms. The molecule has 3 aromatic rings. The van der Waals surface area contributed by atoms with E-state index in [2.05, 4.69) is 91.0 Å². The average Bonchev–Trinajstić information content (AvgIpc) is 3.15. The van der Waals surface area contributed by atoms with Gasteiger partial charge in [-0.3, -0.25) is 0 Å². The number of nitrogen functional groups attached to an aromatic ring is 1. The molecule has 26 heavy (non-hydrogen) atoms. The van der Waals surface area contributed by atoms with E-state index in [4.69, 9.17) is 5.73 Å². The van der Waals surface area contributed by atoms with Crippen LogP contribution in [-0.2, 0) is 5.41 Å². The third-order valence-electron chi connectivity index (χ3n) is 6.49. The predicted octanol–water partition coefficient (Wildman–Crippen LogP) is 5.42. The Morgan fingerprint density at radius 2 is 1.42 bits per heavy atom. The fourth-order valence-corrected chi connectivity index (χ4v) is 5.63. The Balaban J connectivity index is 1.80. The third-order valence-corrected chi connectivity index (χ3v) is 6.49. The van der Waals surface area contributed by atoms with Gasteiger partial charge in [0, 0.05) is 17.5 Å². The Bertz CT molecular complexity index is 1120. The molecule has 0 aliphatic heterocycles. The lowest BCUT2D eigenvalue weighted by Crippen LogP contribution is -2.32. The van der Waals surface area contributed by atoms with Crippen LogP contribution in [0.25, 0.3) is 11.1 Å². The van der Waals surface area contributed by atoms with Crippen molar-refractivity contribution < 1.29 is 0 Å². The lowest BCUT2D eigenvalue weighted by atomic mass is 9.65. The minimum Gasteiger partial charge on any atom is -0.399 e. The average molecular weight is 333 g/mol. The molecule has 3 unspecified atom stereocenters. The molecule has 0 heterocycles. The van der Waals surface area contributed by atoms with Gasteiger partial charge in [-0.2, -0.15) is 0 Å². The van der Waals surface area contributed by atoms with Crippen LogP contribution in [0.3, 0.4) is 0 Å². The highest BCUT2D eigenvalue weighted by Crippen LogP contribution is 2.65. The maximum Gasteiger partial charge on any atom is 0.0537 e. The molecule has 0 amide bonds. The van der Waals surface area contributed by atoms with Gasteiger partial charge in [0.1, 0.15) is 0 Å². The Labute approximate surface area is 153 Å². The summed E-state index contributed by atoms with van der Waals surface area (Å²) in [6.07, 6.45) is 9.19. The van der Waals surface area contributed by atoms with Gasteiger partial charge < -0.3 is 5.73 Å². The SMILES string of the molecule is Nc1ccc2c(c1)-c1ccccc1C21c2ccccc2C2C=CC=CC21. The minimum atomic E-state index is -0.123. The molecule has 0 saturated heterocycles. The number of hydrogen-bond acceptors (Lipinski definition) is 1. The second kappa shape index (κ2) is 4.76. The van der Waals surface area contributed by atoms with Crippen LogP contribution < -0.4 is 5.73 Å². The summed E-state index contributed by atoms with van der Waals surface area (Å²) in [4.78, 5) is 0. The largest absolute Gasteiger partial charge is 0.399 e. The van der Waals surface area contributed by atoms with Crippen molar-refractivity contribution >= 4 is 5.69 Å². The molecule has 0 radical (unpaired) electrons. The van der Waals surface area contributed by atoms with Gasteiger partial charge in [0.25, 0.3) is 0 Å². The first-order valence-corrected chi connectivity index (χ1v) is 9.26. The van der Waals surface area contributed by atoms with E-state index < -0.39 is 0 Å². The van der Waals surface area contributed by atoms with Crippen molar-refractivity contribution in [3.05, 3.63) is 113 Å². The van der Waals surface area contributed by atoms with Crippen LogP contribution in [0.2, 0.25) is 0 Å². The molecule has 1 heteroatoms. The molecule has 1 spiro atoms. The van der Waals surface area contributed by atoms with Crippen LogP contribution >= 0.6 is 0 Å². The van der Waals surface area contributed by atoms with E-state index in [1.807, 2.05) is 0 Å². The lowest BCUT2D eigenvalue weighted by molar-refractivity contribution is 0.465. The predicted molar refractivity (Wildman–Crippen MR) is 107 cm³/mol. The van der Waals surface area contributed by atoms with Crippen molar-refractivity contribution in [3.63, 3.8) is 0 Å². The molecule has 0 fully saturated rings. The number of nitrogens with two attached hydrogens (primary N) is 1. The van der Waals surface area contributed by atoms with Crippen LogP contribution in [0.4, 0.5) is 5.69 Å². The number of allylic oxidation sites excluding steroid dienone is 4. The first-order valence-electron chi connectivity index (χ1n) is 9.26. The number of fused-ring (bicyclic) bond motifs is 10. The highest BCUT2D eigenvalue weighted by molar-refractivity contribution is 5.87. The third kappa shape index (κ3) is 1.48.